The summed E-state index contributed by atoms with van der Waals surface area (Å²) >= 11 is 18.4. The Morgan fingerprint density at radius 1 is 1.14 bits per heavy atom. The minimum absolute atomic E-state index is 0.559. The summed E-state index contributed by atoms with van der Waals surface area (Å²) in [6, 6.07) is 15.5. The summed E-state index contributed by atoms with van der Waals surface area (Å²) in [5, 5.41) is 6.03. The summed E-state index contributed by atoms with van der Waals surface area (Å²) in [6.07, 6.45) is 2.50. The molecule has 28 heavy (non-hydrogen) atoms. The van der Waals surface area contributed by atoms with E-state index >= 15 is 0 Å². The van der Waals surface area contributed by atoms with Gasteiger partial charge in [0.25, 0.3) is 0 Å². The zero-order chi connectivity index (χ0) is 19.7. The third-order valence-corrected chi connectivity index (χ3v) is 6.04. The van der Waals surface area contributed by atoms with E-state index in [9.17, 15) is 0 Å². The van der Waals surface area contributed by atoms with E-state index in [1.54, 1.807) is 6.07 Å². The predicted molar refractivity (Wildman–Crippen MR) is 118 cm³/mol. The molecule has 2 aromatic carbocycles. The van der Waals surface area contributed by atoms with Gasteiger partial charge in [-0.05, 0) is 67.9 Å². The van der Waals surface area contributed by atoms with Crippen molar-refractivity contribution < 1.29 is 0 Å². The number of hydrogen-bond donors (Lipinski definition) is 0. The predicted octanol–water partition coefficient (Wildman–Crippen LogP) is 6.07. The highest BCUT2D eigenvalue weighted by Crippen LogP contribution is 2.31. The number of halogens is 2. The van der Waals surface area contributed by atoms with Crippen LogP contribution in [0.1, 0.15) is 19.8 Å². The first-order chi connectivity index (χ1) is 13.5. The molecular weight excluding hydrogens is 411 g/mol. The monoisotopic (exact) mass is 432 g/mol. The minimum Gasteiger partial charge on any atom is -0.284 e. The molecule has 1 atom stereocenters. The van der Waals surface area contributed by atoms with E-state index in [0.717, 1.165) is 30.2 Å². The Morgan fingerprint density at radius 2 is 1.93 bits per heavy atom. The lowest BCUT2D eigenvalue weighted by atomic mass is 10.0. The van der Waals surface area contributed by atoms with E-state index in [-0.39, 0.29) is 0 Å². The molecule has 0 aliphatic carbocycles. The molecule has 146 valence electrons. The third-order valence-electron chi connectivity index (χ3n) is 5.10. The average molecular weight is 433 g/mol. The van der Waals surface area contributed by atoms with E-state index in [1.807, 2.05) is 51.7 Å². The normalized spacial score (nSPS) is 17.8. The van der Waals surface area contributed by atoms with Gasteiger partial charge in [-0.3, -0.25) is 9.47 Å². The molecule has 1 fully saturated rings. The maximum atomic E-state index is 6.50. The maximum Gasteiger partial charge on any atom is 0.204 e. The number of rotatable bonds is 4. The number of piperidine rings is 1. The van der Waals surface area contributed by atoms with Gasteiger partial charge in [-0.15, -0.1) is 5.10 Å². The molecule has 0 spiro atoms. The number of hydrogen-bond acceptors (Lipinski definition) is 3. The van der Waals surface area contributed by atoms with Gasteiger partial charge in [-0.1, -0.05) is 48.3 Å². The Bertz CT molecular complexity index is 1030. The number of aromatic nitrogens is 3. The molecule has 1 saturated heterocycles. The van der Waals surface area contributed by atoms with Gasteiger partial charge in [-0.25, -0.2) is 4.68 Å². The average Bonchev–Trinajstić information content (AvgIpc) is 2.98. The molecule has 4 rings (SSSR count). The Morgan fingerprint density at radius 3 is 2.64 bits per heavy atom. The van der Waals surface area contributed by atoms with Gasteiger partial charge in [0, 0.05) is 22.8 Å². The van der Waals surface area contributed by atoms with Gasteiger partial charge in [0.2, 0.25) is 4.77 Å². The fraction of sp³-hybridized carbons (Fsp3) is 0.333. The number of likely N-dealkylation sites (tertiary alicyclic amines) is 1. The molecular formula is C21H22Cl2N4S. The van der Waals surface area contributed by atoms with Gasteiger partial charge >= 0.3 is 0 Å². The van der Waals surface area contributed by atoms with Crippen molar-refractivity contribution >= 4 is 35.4 Å². The van der Waals surface area contributed by atoms with Gasteiger partial charge in [0.1, 0.15) is 0 Å². The molecule has 4 nitrogen and oxygen atoms in total. The van der Waals surface area contributed by atoms with E-state index in [4.69, 9.17) is 40.5 Å². The van der Waals surface area contributed by atoms with Gasteiger partial charge in [0.05, 0.1) is 11.7 Å². The Labute approximate surface area is 180 Å². The quantitative estimate of drug-likeness (QED) is 0.468. The first-order valence-corrected chi connectivity index (χ1v) is 10.6. The molecule has 7 heteroatoms. The smallest absolute Gasteiger partial charge is 0.204 e. The minimum atomic E-state index is 0.559. The van der Waals surface area contributed by atoms with Crippen molar-refractivity contribution in [2.24, 2.45) is 5.92 Å². The van der Waals surface area contributed by atoms with Crippen molar-refractivity contribution in [2.75, 3.05) is 13.1 Å². The molecule has 0 bridgehead atoms. The first-order valence-electron chi connectivity index (χ1n) is 9.46. The second-order valence-corrected chi connectivity index (χ2v) is 8.58. The summed E-state index contributed by atoms with van der Waals surface area (Å²) in [5.41, 5.74) is 1.78. The molecule has 2 heterocycles. The first kappa shape index (κ1) is 19.6. The van der Waals surface area contributed by atoms with Gasteiger partial charge in [0.15, 0.2) is 5.82 Å². The Kier molecular flexibility index (Phi) is 5.88. The van der Waals surface area contributed by atoms with Crippen molar-refractivity contribution in [1.29, 1.82) is 0 Å². The van der Waals surface area contributed by atoms with E-state index in [0.29, 0.717) is 27.4 Å². The Balaban J connectivity index is 1.81. The zero-order valence-corrected chi connectivity index (χ0v) is 18.0. The summed E-state index contributed by atoms with van der Waals surface area (Å²) in [6.45, 7) is 5.12. The van der Waals surface area contributed by atoms with Crippen molar-refractivity contribution in [3.63, 3.8) is 0 Å². The van der Waals surface area contributed by atoms with Gasteiger partial charge < -0.3 is 0 Å². The fourth-order valence-corrected chi connectivity index (χ4v) is 4.54. The van der Waals surface area contributed by atoms with Crippen LogP contribution in [0.4, 0.5) is 0 Å². The van der Waals surface area contributed by atoms with Crippen LogP contribution in [0.5, 0.6) is 0 Å². The van der Waals surface area contributed by atoms with Crippen molar-refractivity contribution in [2.45, 2.75) is 26.4 Å². The summed E-state index contributed by atoms with van der Waals surface area (Å²) < 4.78 is 4.55. The number of nitrogens with zero attached hydrogens (tertiary/aromatic N) is 4. The van der Waals surface area contributed by atoms with Crippen LogP contribution in [0.3, 0.4) is 0 Å². The molecule has 1 aromatic heterocycles. The van der Waals surface area contributed by atoms with E-state index in [1.165, 1.54) is 12.8 Å². The third kappa shape index (κ3) is 4.03. The van der Waals surface area contributed by atoms with E-state index in [2.05, 4.69) is 11.8 Å². The van der Waals surface area contributed by atoms with Crippen molar-refractivity contribution in [3.8, 4) is 17.1 Å². The number of benzene rings is 2. The van der Waals surface area contributed by atoms with Crippen LogP contribution < -0.4 is 0 Å². The fourth-order valence-electron chi connectivity index (χ4n) is 3.76. The second-order valence-electron chi connectivity index (χ2n) is 7.37. The van der Waals surface area contributed by atoms with Crippen LogP contribution in [0.2, 0.25) is 10.0 Å². The highest BCUT2D eigenvalue weighted by molar-refractivity contribution is 7.71. The lowest BCUT2D eigenvalue weighted by Gasteiger charge is -2.30. The standard InChI is InChI=1S/C21H22Cl2N4S/c1-15-6-5-11-25(13-15)14-26-21(28)27(17-7-3-2-4-8-17)20(24-26)18-10-9-16(22)12-19(18)23/h2-4,7-10,12,15H,5-6,11,13-14H2,1H3. The topological polar surface area (TPSA) is 26.0 Å². The van der Waals surface area contributed by atoms with Crippen LogP contribution in [0, 0.1) is 10.7 Å². The summed E-state index contributed by atoms with van der Waals surface area (Å²) in [5.74, 6) is 1.42. The summed E-state index contributed by atoms with van der Waals surface area (Å²) in [4.78, 5) is 2.42. The van der Waals surface area contributed by atoms with E-state index < -0.39 is 0 Å². The lowest BCUT2D eigenvalue weighted by Crippen LogP contribution is -2.36. The van der Waals surface area contributed by atoms with Crippen LogP contribution in [0.15, 0.2) is 48.5 Å². The largest absolute Gasteiger partial charge is 0.284 e. The molecule has 1 aliphatic heterocycles. The zero-order valence-electron chi connectivity index (χ0n) is 15.7. The maximum absolute atomic E-state index is 6.50. The molecule has 0 amide bonds. The highest BCUT2D eigenvalue weighted by atomic mass is 35.5. The SMILES string of the molecule is CC1CCCN(Cn2nc(-c3ccc(Cl)cc3Cl)n(-c3ccccc3)c2=S)C1. The van der Waals surface area contributed by atoms with Crippen molar-refractivity contribution in [3.05, 3.63) is 63.3 Å². The Hall–Kier alpha value is -1.66. The molecule has 0 N–H and O–H groups in total. The van der Waals surface area contributed by atoms with Crippen LogP contribution in [0.25, 0.3) is 17.1 Å². The van der Waals surface area contributed by atoms with Crippen molar-refractivity contribution in [1.82, 2.24) is 19.2 Å². The molecule has 1 aliphatic rings. The number of para-hydroxylation sites is 1. The van der Waals surface area contributed by atoms with Gasteiger partial charge in [-0.2, -0.15) is 0 Å². The molecule has 0 radical (unpaired) electrons. The highest BCUT2D eigenvalue weighted by Gasteiger charge is 2.21. The molecule has 0 saturated carbocycles. The lowest BCUT2D eigenvalue weighted by molar-refractivity contribution is 0.138. The molecule has 3 aromatic rings. The van der Waals surface area contributed by atoms with Crippen LogP contribution >= 0.6 is 35.4 Å². The summed E-state index contributed by atoms with van der Waals surface area (Å²) in [7, 11) is 0. The van der Waals surface area contributed by atoms with Crippen LogP contribution in [-0.4, -0.2) is 32.3 Å². The second kappa shape index (κ2) is 8.37. The molecule has 1 unspecified atom stereocenters. The van der Waals surface area contributed by atoms with Crippen LogP contribution in [-0.2, 0) is 6.67 Å².